The quantitative estimate of drug-likeness (QED) is 0.682. The van der Waals surface area contributed by atoms with Crippen LogP contribution in [0.5, 0.6) is 11.5 Å². The number of aromatic amines is 1. The zero-order valence-electron chi connectivity index (χ0n) is 13.0. The van der Waals surface area contributed by atoms with Gasteiger partial charge >= 0.3 is 0 Å². The predicted octanol–water partition coefficient (Wildman–Crippen LogP) is 3.64. The first-order valence-corrected chi connectivity index (χ1v) is 7.51. The van der Waals surface area contributed by atoms with Crippen molar-refractivity contribution >= 4 is 5.69 Å². The number of anilines is 1. The maximum Gasteiger partial charge on any atom is 0.130 e. The number of ether oxygens (including phenoxy) is 2. The van der Waals surface area contributed by atoms with Crippen LogP contribution in [0.15, 0.2) is 54.6 Å². The molecule has 23 heavy (non-hydrogen) atoms. The number of nitrogens with two attached hydrogens (primary N) is 1. The molecule has 0 bridgehead atoms. The number of rotatable bonds is 6. The molecular formula is C18H19N3O2. The molecule has 0 fully saturated rings. The van der Waals surface area contributed by atoms with E-state index in [9.17, 15) is 0 Å². The summed E-state index contributed by atoms with van der Waals surface area (Å²) in [5.41, 5.74) is 9.07. The number of nitrogens with zero attached hydrogens (tertiary/aromatic N) is 1. The Morgan fingerprint density at radius 2 is 1.83 bits per heavy atom. The first-order valence-electron chi connectivity index (χ1n) is 7.51. The van der Waals surface area contributed by atoms with E-state index in [0.29, 0.717) is 18.9 Å². The summed E-state index contributed by atoms with van der Waals surface area (Å²) in [6.45, 7) is 3.00. The van der Waals surface area contributed by atoms with Crippen molar-refractivity contribution in [3.8, 4) is 22.8 Å². The summed E-state index contributed by atoms with van der Waals surface area (Å²) in [7, 11) is 0. The summed E-state index contributed by atoms with van der Waals surface area (Å²) in [5, 5.41) is 7.35. The molecule has 118 valence electrons. The monoisotopic (exact) mass is 309 g/mol. The van der Waals surface area contributed by atoms with E-state index in [1.165, 1.54) is 0 Å². The highest BCUT2D eigenvalue weighted by Gasteiger charge is 2.09. The van der Waals surface area contributed by atoms with Gasteiger partial charge in [0.1, 0.15) is 18.1 Å². The largest absolute Gasteiger partial charge is 0.493 e. The summed E-state index contributed by atoms with van der Waals surface area (Å²) >= 11 is 0. The van der Waals surface area contributed by atoms with E-state index in [-0.39, 0.29) is 0 Å². The lowest BCUT2D eigenvalue weighted by atomic mass is 10.1. The van der Waals surface area contributed by atoms with Gasteiger partial charge in [-0.2, -0.15) is 5.10 Å². The van der Waals surface area contributed by atoms with E-state index in [1.807, 2.05) is 61.5 Å². The van der Waals surface area contributed by atoms with E-state index >= 15 is 0 Å². The number of para-hydroxylation sites is 1. The molecule has 2 aromatic carbocycles. The number of nitrogens with one attached hydrogen (secondary N) is 1. The molecule has 0 atom stereocenters. The number of benzene rings is 2. The van der Waals surface area contributed by atoms with Gasteiger partial charge in [0.05, 0.1) is 18.0 Å². The van der Waals surface area contributed by atoms with E-state index in [1.54, 1.807) is 0 Å². The zero-order chi connectivity index (χ0) is 16.1. The van der Waals surface area contributed by atoms with Crippen LogP contribution in [-0.2, 0) is 6.61 Å². The minimum Gasteiger partial charge on any atom is -0.493 e. The van der Waals surface area contributed by atoms with Crippen molar-refractivity contribution in [2.24, 2.45) is 0 Å². The Labute approximate surface area is 135 Å². The van der Waals surface area contributed by atoms with Crippen molar-refractivity contribution in [1.82, 2.24) is 10.2 Å². The molecule has 0 unspecified atom stereocenters. The van der Waals surface area contributed by atoms with Crippen LogP contribution in [0.3, 0.4) is 0 Å². The topological polar surface area (TPSA) is 73.2 Å². The summed E-state index contributed by atoms with van der Waals surface area (Å²) in [5.74, 6) is 1.59. The molecule has 5 heteroatoms. The third-order valence-electron chi connectivity index (χ3n) is 3.37. The van der Waals surface area contributed by atoms with Crippen molar-refractivity contribution < 1.29 is 9.47 Å². The van der Waals surface area contributed by atoms with Gasteiger partial charge in [-0.25, -0.2) is 0 Å². The standard InChI is InChI=1S/C18H19N3O2/c1-2-22-18-6-4-3-5-16(18)17-11-14(20-21-17)12-23-15-9-7-13(19)8-10-15/h3-11H,2,12,19H2,1H3,(H,20,21). The first kappa shape index (κ1) is 15.0. The number of hydrogen-bond acceptors (Lipinski definition) is 4. The van der Waals surface area contributed by atoms with Gasteiger partial charge in [-0.05, 0) is 49.4 Å². The van der Waals surface area contributed by atoms with Crippen LogP contribution in [-0.4, -0.2) is 16.8 Å². The minimum atomic E-state index is 0.410. The van der Waals surface area contributed by atoms with Gasteiger partial charge in [0.2, 0.25) is 0 Å². The van der Waals surface area contributed by atoms with Crippen LogP contribution in [0.2, 0.25) is 0 Å². The Hall–Kier alpha value is -2.95. The maximum atomic E-state index is 5.72. The van der Waals surface area contributed by atoms with Gasteiger partial charge in [-0.3, -0.25) is 5.10 Å². The van der Waals surface area contributed by atoms with Crippen LogP contribution >= 0.6 is 0 Å². The summed E-state index contributed by atoms with van der Waals surface area (Å²) in [6, 6.07) is 17.1. The van der Waals surface area contributed by atoms with Crippen molar-refractivity contribution in [2.45, 2.75) is 13.5 Å². The molecule has 5 nitrogen and oxygen atoms in total. The molecule has 0 amide bonds. The van der Waals surface area contributed by atoms with Gasteiger partial charge < -0.3 is 15.2 Å². The molecule has 0 aliphatic carbocycles. The van der Waals surface area contributed by atoms with Gasteiger partial charge in [-0.15, -0.1) is 0 Å². The van der Waals surface area contributed by atoms with E-state index in [0.717, 1.165) is 28.5 Å². The number of nitrogen functional groups attached to an aromatic ring is 1. The van der Waals surface area contributed by atoms with E-state index in [2.05, 4.69) is 10.2 Å². The zero-order valence-corrected chi connectivity index (χ0v) is 13.0. The van der Waals surface area contributed by atoms with Crippen LogP contribution in [0.1, 0.15) is 12.6 Å². The fourth-order valence-electron chi connectivity index (χ4n) is 2.26. The number of H-pyrrole nitrogens is 1. The Morgan fingerprint density at radius 1 is 1.04 bits per heavy atom. The third kappa shape index (κ3) is 3.63. The fourth-order valence-corrected chi connectivity index (χ4v) is 2.26. The van der Waals surface area contributed by atoms with Crippen molar-refractivity contribution in [2.75, 3.05) is 12.3 Å². The summed E-state index contributed by atoms with van der Waals surface area (Å²) in [4.78, 5) is 0. The molecule has 3 N–H and O–H groups in total. The second-order valence-electron chi connectivity index (χ2n) is 5.07. The lowest BCUT2D eigenvalue weighted by Gasteiger charge is -2.07. The molecule has 0 aliphatic rings. The van der Waals surface area contributed by atoms with Gasteiger partial charge in [0, 0.05) is 11.3 Å². The molecular weight excluding hydrogens is 290 g/mol. The molecule has 0 spiro atoms. The lowest BCUT2D eigenvalue weighted by molar-refractivity contribution is 0.301. The van der Waals surface area contributed by atoms with Crippen LogP contribution in [0.4, 0.5) is 5.69 Å². The SMILES string of the molecule is CCOc1ccccc1-c1cc(COc2ccc(N)cc2)[nH]n1. The molecule has 1 heterocycles. The Kier molecular flexibility index (Phi) is 4.47. The molecule has 1 aromatic heterocycles. The fraction of sp³-hybridized carbons (Fsp3) is 0.167. The van der Waals surface area contributed by atoms with Gasteiger partial charge in [0.25, 0.3) is 0 Å². The molecule has 0 saturated heterocycles. The Bertz CT molecular complexity index is 766. The van der Waals surface area contributed by atoms with Gasteiger partial charge in [0.15, 0.2) is 0 Å². The first-order chi connectivity index (χ1) is 11.3. The van der Waals surface area contributed by atoms with Crippen LogP contribution < -0.4 is 15.2 Å². The molecule has 0 aliphatic heterocycles. The smallest absolute Gasteiger partial charge is 0.130 e. The Balaban J connectivity index is 1.72. The highest BCUT2D eigenvalue weighted by atomic mass is 16.5. The molecule has 0 radical (unpaired) electrons. The van der Waals surface area contributed by atoms with Crippen LogP contribution in [0, 0.1) is 0 Å². The van der Waals surface area contributed by atoms with Crippen molar-refractivity contribution in [3.63, 3.8) is 0 Å². The maximum absolute atomic E-state index is 5.72. The predicted molar refractivity (Wildman–Crippen MR) is 90.4 cm³/mol. The number of hydrogen-bond donors (Lipinski definition) is 2. The van der Waals surface area contributed by atoms with E-state index in [4.69, 9.17) is 15.2 Å². The van der Waals surface area contributed by atoms with E-state index < -0.39 is 0 Å². The average Bonchev–Trinajstić information content (AvgIpc) is 3.04. The summed E-state index contributed by atoms with van der Waals surface area (Å²) in [6.07, 6.45) is 0. The highest BCUT2D eigenvalue weighted by Crippen LogP contribution is 2.28. The minimum absolute atomic E-state index is 0.410. The normalized spacial score (nSPS) is 10.5. The number of aromatic nitrogens is 2. The molecule has 3 aromatic rings. The second-order valence-corrected chi connectivity index (χ2v) is 5.07. The van der Waals surface area contributed by atoms with Crippen LogP contribution in [0.25, 0.3) is 11.3 Å². The van der Waals surface area contributed by atoms with Crippen molar-refractivity contribution in [1.29, 1.82) is 0 Å². The molecule has 3 rings (SSSR count). The average molecular weight is 309 g/mol. The second kappa shape index (κ2) is 6.87. The third-order valence-corrected chi connectivity index (χ3v) is 3.37. The Morgan fingerprint density at radius 3 is 2.61 bits per heavy atom. The summed E-state index contributed by atoms with van der Waals surface area (Å²) < 4.78 is 11.4. The molecule has 0 saturated carbocycles. The van der Waals surface area contributed by atoms with Gasteiger partial charge in [-0.1, -0.05) is 12.1 Å². The van der Waals surface area contributed by atoms with Crippen molar-refractivity contribution in [3.05, 3.63) is 60.3 Å². The highest BCUT2D eigenvalue weighted by molar-refractivity contribution is 5.67. The lowest BCUT2D eigenvalue weighted by Crippen LogP contribution is -1.95.